The summed E-state index contributed by atoms with van der Waals surface area (Å²) in [5, 5.41) is 2.95. The molecule has 1 aromatic rings. The number of nitrogens with zero attached hydrogens (tertiary/aromatic N) is 2. The first-order valence-corrected chi connectivity index (χ1v) is 9.40. The van der Waals surface area contributed by atoms with Crippen LogP contribution in [0.25, 0.3) is 0 Å². The number of para-hydroxylation sites is 1. The number of rotatable bonds is 4. The summed E-state index contributed by atoms with van der Waals surface area (Å²) in [4.78, 5) is 40.8. The van der Waals surface area contributed by atoms with Crippen molar-refractivity contribution in [3.05, 3.63) is 30.3 Å². The van der Waals surface area contributed by atoms with Crippen molar-refractivity contribution in [2.75, 3.05) is 24.5 Å². The highest BCUT2D eigenvalue weighted by Gasteiger charge is 2.38. The molecule has 0 spiro atoms. The van der Waals surface area contributed by atoms with Crippen LogP contribution in [0, 0.1) is 11.8 Å². The molecule has 3 amide bonds. The van der Waals surface area contributed by atoms with Crippen molar-refractivity contribution in [2.24, 2.45) is 11.8 Å². The van der Waals surface area contributed by atoms with E-state index in [0.717, 1.165) is 5.69 Å². The van der Waals surface area contributed by atoms with Crippen molar-refractivity contribution in [3.8, 4) is 0 Å². The van der Waals surface area contributed by atoms with Crippen LogP contribution in [0.15, 0.2) is 30.3 Å². The number of anilines is 1. The molecule has 0 unspecified atom stereocenters. The Morgan fingerprint density at radius 2 is 1.73 bits per heavy atom. The molecule has 3 rings (SSSR count). The normalized spacial score (nSPS) is 21.3. The van der Waals surface area contributed by atoms with Crippen LogP contribution in [-0.4, -0.2) is 48.3 Å². The second kappa shape index (κ2) is 7.89. The molecular weight excluding hydrogens is 330 g/mol. The third-order valence-electron chi connectivity index (χ3n) is 5.15. The van der Waals surface area contributed by atoms with E-state index in [1.807, 2.05) is 49.1 Å². The minimum atomic E-state index is -0.288. The molecule has 6 heteroatoms. The average molecular weight is 357 g/mol. The lowest BCUT2D eigenvalue weighted by Crippen LogP contribution is -2.46. The summed E-state index contributed by atoms with van der Waals surface area (Å²) in [6.45, 7) is 5.52. The van der Waals surface area contributed by atoms with Gasteiger partial charge in [0.25, 0.3) is 0 Å². The lowest BCUT2D eigenvalue weighted by molar-refractivity contribution is -0.139. The van der Waals surface area contributed by atoms with Crippen LogP contribution in [0.2, 0.25) is 0 Å². The molecule has 1 aromatic carbocycles. The van der Waals surface area contributed by atoms with Gasteiger partial charge in [0.05, 0.1) is 5.92 Å². The van der Waals surface area contributed by atoms with Crippen LogP contribution >= 0.6 is 0 Å². The number of carbonyl (C=O) groups excluding carboxylic acids is 3. The molecule has 0 saturated carbocycles. The first-order valence-electron chi connectivity index (χ1n) is 9.40. The third-order valence-corrected chi connectivity index (χ3v) is 5.15. The molecule has 0 radical (unpaired) electrons. The number of piperidine rings is 1. The Hall–Kier alpha value is -2.37. The van der Waals surface area contributed by atoms with Gasteiger partial charge in [-0.2, -0.15) is 0 Å². The van der Waals surface area contributed by atoms with E-state index in [2.05, 4.69) is 5.32 Å². The quantitative estimate of drug-likeness (QED) is 0.893. The van der Waals surface area contributed by atoms with E-state index >= 15 is 0 Å². The summed E-state index contributed by atoms with van der Waals surface area (Å²) in [6.07, 6.45) is 1.64. The van der Waals surface area contributed by atoms with Gasteiger partial charge in [-0.3, -0.25) is 14.4 Å². The first-order chi connectivity index (χ1) is 12.5. The topological polar surface area (TPSA) is 69.7 Å². The number of hydrogen-bond donors (Lipinski definition) is 1. The predicted octanol–water partition coefficient (Wildman–Crippen LogP) is 1.80. The van der Waals surface area contributed by atoms with Crippen LogP contribution in [-0.2, 0) is 14.4 Å². The smallest absolute Gasteiger partial charge is 0.228 e. The van der Waals surface area contributed by atoms with E-state index in [1.165, 1.54) is 0 Å². The van der Waals surface area contributed by atoms with Gasteiger partial charge in [-0.1, -0.05) is 18.2 Å². The van der Waals surface area contributed by atoms with Gasteiger partial charge in [-0.25, -0.2) is 0 Å². The maximum atomic E-state index is 12.8. The van der Waals surface area contributed by atoms with Crippen molar-refractivity contribution in [2.45, 2.75) is 39.2 Å². The van der Waals surface area contributed by atoms with Gasteiger partial charge in [0.1, 0.15) is 0 Å². The third kappa shape index (κ3) is 4.06. The minimum absolute atomic E-state index is 0.000692. The molecule has 2 saturated heterocycles. The number of carbonyl (C=O) groups is 3. The average Bonchev–Trinajstić information content (AvgIpc) is 3.03. The lowest BCUT2D eigenvalue weighted by atomic mass is 9.94. The van der Waals surface area contributed by atoms with E-state index in [1.54, 1.807) is 4.90 Å². The summed E-state index contributed by atoms with van der Waals surface area (Å²) >= 11 is 0. The largest absolute Gasteiger partial charge is 0.354 e. The summed E-state index contributed by atoms with van der Waals surface area (Å²) < 4.78 is 0. The van der Waals surface area contributed by atoms with Gasteiger partial charge in [0.15, 0.2) is 0 Å². The molecule has 2 aliphatic heterocycles. The molecular formula is C20H27N3O3. The Morgan fingerprint density at radius 1 is 1.08 bits per heavy atom. The molecule has 140 valence electrons. The Bertz CT molecular complexity index is 666. The van der Waals surface area contributed by atoms with Crippen LogP contribution < -0.4 is 10.2 Å². The number of hydrogen-bond acceptors (Lipinski definition) is 3. The fourth-order valence-corrected chi connectivity index (χ4v) is 3.75. The van der Waals surface area contributed by atoms with Crippen LogP contribution in [0.5, 0.6) is 0 Å². The Balaban J connectivity index is 1.55. The molecule has 2 fully saturated rings. The standard InChI is InChI=1S/C20H27N3O3/c1-14(2)21-19(25)15-8-10-22(11-9-15)20(26)16-12-18(24)23(13-16)17-6-4-3-5-7-17/h3-7,14-16H,8-13H2,1-2H3,(H,21,25)/t16-/m1/s1. The number of amides is 3. The Morgan fingerprint density at radius 3 is 2.35 bits per heavy atom. The van der Waals surface area contributed by atoms with Gasteiger partial charge in [0.2, 0.25) is 17.7 Å². The fourth-order valence-electron chi connectivity index (χ4n) is 3.75. The van der Waals surface area contributed by atoms with Gasteiger partial charge >= 0.3 is 0 Å². The van der Waals surface area contributed by atoms with E-state index in [9.17, 15) is 14.4 Å². The molecule has 2 aliphatic rings. The molecule has 1 N–H and O–H groups in total. The maximum absolute atomic E-state index is 12.8. The molecule has 1 atom stereocenters. The highest BCUT2D eigenvalue weighted by atomic mass is 16.2. The van der Waals surface area contributed by atoms with E-state index < -0.39 is 0 Å². The molecule has 0 bridgehead atoms. The maximum Gasteiger partial charge on any atom is 0.228 e. The van der Waals surface area contributed by atoms with Crippen molar-refractivity contribution in [1.82, 2.24) is 10.2 Å². The van der Waals surface area contributed by atoms with Crippen LogP contribution in [0.3, 0.4) is 0 Å². The number of benzene rings is 1. The van der Waals surface area contributed by atoms with Gasteiger partial charge < -0.3 is 15.1 Å². The van der Waals surface area contributed by atoms with Crippen molar-refractivity contribution in [1.29, 1.82) is 0 Å². The van der Waals surface area contributed by atoms with E-state index in [0.29, 0.717) is 32.5 Å². The van der Waals surface area contributed by atoms with Crippen molar-refractivity contribution >= 4 is 23.4 Å². The molecule has 0 aromatic heterocycles. The zero-order chi connectivity index (χ0) is 18.7. The monoisotopic (exact) mass is 357 g/mol. The minimum Gasteiger partial charge on any atom is -0.354 e. The van der Waals surface area contributed by atoms with Gasteiger partial charge in [-0.15, -0.1) is 0 Å². The van der Waals surface area contributed by atoms with Crippen LogP contribution in [0.4, 0.5) is 5.69 Å². The molecule has 0 aliphatic carbocycles. The second-order valence-corrected chi connectivity index (χ2v) is 7.50. The zero-order valence-electron chi connectivity index (χ0n) is 15.5. The first kappa shape index (κ1) is 18.4. The number of likely N-dealkylation sites (tertiary alicyclic amines) is 1. The summed E-state index contributed by atoms with van der Waals surface area (Å²) in [7, 11) is 0. The van der Waals surface area contributed by atoms with Crippen molar-refractivity contribution < 1.29 is 14.4 Å². The van der Waals surface area contributed by atoms with Crippen molar-refractivity contribution in [3.63, 3.8) is 0 Å². The van der Waals surface area contributed by atoms with Crippen LogP contribution in [0.1, 0.15) is 33.1 Å². The fraction of sp³-hybridized carbons (Fsp3) is 0.550. The summed E-state index contributed by atoms with van der Waals surface area (Å²) in [5.41, 5.74) is 0.844. The van der Waals surface area contributed by atoms with Gasteiger partial charge in [0, 0.05) is 43.7 Å². The highest BCUT2D eigenvalue weighted by Crippen LogP contribution is 2.27. The summed E-state index contributed by atoms with van der Waals surface area (Å²) in [5.74, 6) is -0.185. The molecule has 2 heterocycles. The molecule has 6 nitrogen and oxygen atoms in total. The SMILES string of the molecule is CC(C)NC(=O)C1CCN(C(=O)[C@@H]2CC(=O)N(c3ccccc3)C2)CC1. The van der Waals surface area contributed by atoms with E-state index in [4.69, 9.17) is 0 Å². The Labute approximate surface area is 154 Å². The zero-order valence-corrected chi connectivity index (χ0v) is 15.5. The summed E-state index contributed by atoms with van der Waals surface area (Å²) in [6, 6.07) is 9.62. The Kier molecular flexibility index (Phi) is 5.59. The highest BCUT2D eigenvalue weighted by molar-refractivity contribution is 6.00. The predicted molar refractivity (Wildman–Crippen MR) is 99.5 cm³/mol. The van der Waals surface area contributed by atoms with Gasteiger partial charge in [-0.05, 0) is 38.8 Å². The second-order valence-electron chi connectivity index (χ2n) is 7.50. The number of nitrogens with one attached hydrogen (secondary N) is 1. The lowest BCUT2D eigenvalue weighted by Gasteiger charge is -2.33. The molecule has 26 heavy (non-hydrogen) atoms. The van der Waals surface area contributed by atoms with E-state index in [-0.39, 0.29) is 42.0 Å².